The fraction of sp³-hybridized carbons (Fsp3) is 1.00. The Morgan fingerprint density at radius 2 is 2.31 bits per heavy atom. The van der Waals surface area contributed by atoms with E-state index in [1.807, 2.05) is 0 Å². The summed E-state index contributed by atoms with van der Waals surface area (Å²) in [5.41, 5.74) is 6.18. The molecule has 1 saturated carbocycles. The molecule has 0 amide bonds. The molecule has 1 aliphatic carbocycles. The standard InChI is InChI=1S/C10H20N2O/c1-9-7-12(5-2-6-13-9)10(8-11)3-4-10/h9H,2-8,11H2,1H3. The molecule has 0 aromatic carbocycles. The lowest BCUT2D eigenvalue weighted by Gasteiger charge is -2.30. The van der Waals surface area contributed by atoms with Gasteiger partial charge in [0.15, 0.2) is 0 Å². The van der Waals surface area contributed by atoms with Gasteiger partial charge in [-0.3, -0.25) is 4.90 Å². The monoisotopic (exact) mass is 184 g/mol. The molecule has 1 heterocycles. The molecule has 0 aromatic heterocycles. The summed E-state index contributed by atoms with van der Waals surface area (Å²) in [6, 6.07) is 0. The summed E-state index contributed by atoms with van der Waals surface area (Å²) in [4.78, 5) is 2.55. The zero-order chi connectivity index (χ0) is 9.31. The Balaban J connectivity index is 1.97. The van der Waals surface area contributed by atoms with Crippen LogP contribution in [0.15, 0.2) is 0 Å². The highest BCUT2D eigenvalue weighted by atomic mass is 16.5. The van der Waals surface area contributed by atoms with Crippen molar-refractivity contribution in [3.05, 3.63) is 0 Å². The molecule has 0 bridgehead atoms. The van der Waals surface area contributed by atoms with Gasteiger partial charge < -0.3 is 10.5 Å². The minimum absolute atomic E-state index is 0.363. The van der Waals surface area contributed by atoms with Crippen LogP contribution in [0.4, 0.5) is 0 Å². The first kappa shape index (κ1) is 9.44. The second kappa shape index (κ2) is 3.56. The van der Waals surface area contributed by atoms with E-state index in [0.29, 0.717) is 11.6 Å². The highest BCUT2D eigenvalue weighted by Gasteiger charge is 2.46. The quantitative estimate of drug-likeness (QED) is 0.682. The van der Waals surface area contributed by atoms with Gasteiger partial charge in [-0.05, 0) is 26.2 Å². The molecule has 1 unspecified atom stereocenters. The summed E-state index contributed by atoms with van der Waals surface area (Å²) in [6.07, 6.45) is 4.12. The lowest BCUT2D eigenvalue weighted by atomic mass is 10.2. The third kappa shape index (κ3) is 1.87. The summed E-state index contributed by atoms with van der Waals surface area (Å²) in [6.45, 7) is 6.13. The molecule has 3 heteroatoms. The summed E-state index contributed by atoms with van der Waals surface area (Å²) < 4.78 is 5.62. The number of hydrogen-bond acceptors (Lipinski definition) is 3. The van der Waals surface area contributed by atoms with Crippen LogP contribution in [0.5, 0.6) is 0 Å². The SMILES string of the molecule is CC1CN(C2(CN)CC2)CCCO1. The van der Waals surface area contributed by atoms with Crippen molar-refractivity contribution in [1.82, 2.24) is 4.90 Å². The van der Waals surface area contributed by atoms with E-state index in [1.165, 1.54) is 19.4 Å². The number of nitrogens with zero attached hydrogens (tertiary/aromatic N) is 1. The fourth-order valence-corrected chi connectivity index (χ4v) is 2.22. The molecule has 76 valence electrons. The predicted molar refractivity (Wildman–Crippen MR) is 52.6 cm³/mol. The number of hydrogen-bond donors (Lipinski definition) is 1. The van der Waals surface area contributed by atoms with Gasteiger partial charge in [-0.15, -0.1) is 0 Å². The van der Waals surface area contributed by atoms with Crippen LogP contribution < -0.4 is 5.73 Å². The van der Waals surface area contributed by atoms with Crippen LogP contribution in [0.2, 0.25) is 0 Å². The largest absolute Gasteiger partial charge is 0.377 e. The zero-order valence-electron chi connectivity index (χ0n) is 8.46. The lowest BCUT2D eigenvalue weighted by Crippen LogP contribution is -2.45. The molecule has 2 fully saturated rings. The van der Waals surface area contributed by atoms with Crippen molar-refractivity contribution in [3.63, 3.8) is 0 Å². The van der Waals surface area contributed by atoms with Crippen LogP contribution in [-0.4, -0.2) is 42.8 Å². The van der Waals surface area contributed by atoms with E-state index >= 15 is 0 Å². The summed E-state index contributed by atoms with van der Waals surface area (Å²) >= 11 is 0. The van der Waals surface area contributed by atoms with E-state index in [2.05, 4.69) is 11.8 Å². The van der Waals surface area contributed by atoms with Gasteiger partial charge in [-0.1, -0.05) is 0 Å². The average Bonchev–Trinajstić information content (AvgIpc) is 2.89. The molecule has 2 N–H and O–H groups in total. The maximum Gasteiger partial charge on any atom is 0.0674 e. The van der Waals surface area contributed by atoms with Gasteiger partial charge in [0.25, 0.3) is 0 Å². The summed E-state index contributed by atoms with van der Waals surface area (Å²) in [5.74, 6) is 0. The Kier molecular flexibility index (Phi) is 2.58. The van der Waals surface area contributed by atoms with Crippen molar-refractivity contribution in [2.75, 3.05) is 26.2 Å². The van der Waals surface area contributed by atoms with Crippen LogP contribution in [0, 0.1) is 0 Å². The minimum atomic E-state index is 0.363. The van der Waals surface area contributed by atoms with E-state index in [-0.39, 0.29) is 0 Å². The van der Waals surface area contributed by atoms with Crippen molar-refractivity contribution >= 4 is 0 Å². The molecular weight excluding hydrogens is 164 g/mol. The Hall–Kier alpha value is -0.120. The summed E-state index contributed by atoms with van der Waals surface area (Å²) in [5, 5.41) is 0. The van der Waals surface area contributed by atoms with Gasteiger partial charge >= 0.3 is 0 Å². The molecule has 13 heavy (non-hydrogen) atoms. The van der Waals surface area contributed by atoms with Crippen molar-refractivity contribution in [2.45, 2.75) is 37.8 Å². The molecule has 0 aromatic rings. The maximum absolute atomic E-state index is 5.81. The van der Waals surface area contributed by atoms with E-state index in [0.717, 1.165) is 26.1 Å². The van der Waals surface area contributed by atoms with E-state index < -0.39 is 0 Å². The van der Waals surface area contributed by atoms with E-state index in [1.54, 1.807) is 0 Å². The molecule has 2 rings (SSSR count). The number of ether oxygens (including phenoxy) is 1. The Labute approximate surface area is 80.2 Å². The first-order valence-electron chi connectivity index (χ1n) is 5.33. The van der Waals surface area contributed by atoms with Crippen LogP contribution in [0.1, 0.15) is 26.2 Å². The number of nitrogens with two attached hydrogens (primary N) is 1. The van der Waals surface area contributed by atoms with Gasteiger partial charge in [0.2, 0.25) is 0 Å². The van der Waals surface area contributed by atoms with Crippen LogP contribution >= 0.6 is 0 Å². The van der Waals surface area contributed by atoms with Crippen LogP contribution in [-0.2, 0) is 4.74 Å². The molecular formula is C10H20N2O. The minimum Gasteiger partial charge on any atom is -0.377 e. The highest BCUT2D eigenvalue weighted by molar-refractivity contribution is 5.05. The van der Waals surface area contributed by atoms with Gasteiger partial charge in [0.1, 0.15) is 0 Å². The second-order valence-electron chi connectivity index (χ2n) is 4.41. The van der Waals surface area contributed by atoms with Gasteiger partial charge in [0.05, 0.1) is 6.10 Å². The van der Waals surface area contributed by atoms with Crippen molar-refractivity contribution < 1.29 is 4.74 Å². The topological polar surface area (TPSA) is 38.5 Å². The van der Waals surface area contributed by atoms with E-state index in [9.17, 15) is 0 Å². The third-order valence-electron chi connectivity index (χ3n) is 3.33. The average molecular weight is 184 g/mol. The van der Waals surface area contributed by atoms with Gasteiger partial charge in [-0.2, -0.15) is 0 Å². The molecule has 1 atom stereocenters. The third-order valence-corrected chi connectivity index (χ3v) is 3.33. The van der Waals surface area contributed by atoms with Gasteiger partial charge in [-0.25, -0.2) is 0 Å². The first-order chi connectivity index (χ1) is 6.27. The predicted octanol–water partition coefficient (Wildman–Crippen LogP) is 0.588. The normalized spacial score (nSPS) is 34.2. The highest BCUT2D eigenvalue weighted by Crippen LogP contribution is 2.41. The van der Waals surface area contributed by atoms with Crippen molar-refractivity contribution in [3.8, 4) is 0 Å². The number of rotatable bonds is 2. The fourth-order valence-electron chi connectivity index (χ4n) is 2.22. The Bertz CT molecular complexity index is 180. The van der Waals surface area contributed by atoms with Crippen LogP contribution in [0.25, 0.3) is 0 Å². The van der Waals surface area contributed by atoms with Gasteiger partial charge in [0, 0.05) is 31.8 Å². The van der Waals surface area contributed by atoms with Crippen molar-refractivity contribution in [2.24, 2.45) is 5.73 Å². The molecule has 2 aliphatic rings. The molecule has 0 spiro atoms. The summed E-state index contributed by atoms with van der Waals surface area (Å²) in [7, 11) is 0. The first-order valence-corrected chi connectivity index (χ1v) is 5.33. The molecule has 0 radical (unpaired) electrons. The maximum atomic E-state index is 5.81. The lowest BCUT2D eigenvalue weighted by molar-refractivity contribution is 0.0584. The molecule has 1 aliphatic heterocycles. The second-order valence-corrected chi connectivity index (χ2v) is 4.41. The molecule has 3 nitrogen and oxygen atoms in total. The molecule has 1 saturated heterocycles. The van der Waals surface area contributed by atoms with E-state index in [4.69, 9.17) is 10.5 Å². The zero-order valence-corrected chi connectivity index (χ0v) is 8.46. The smallest absolute Gasteiger partial charge is 0.0674 e. The Morgan fingerprint density at radius 3 is 2.92 bits per heavy atom. The van der Waals surface area contributed by atoms with Crippen LogP contribution in [0.3, 0.4) is 0 Å². The Morgan fingerprint density at radius 1 is 1.54 bits per heavy atom. The van der Waals surface area contributed by atoms with Crippen molar-refractivity contribution in [1.29, 1.82) is 0 Å².